The van der Waals surface area contributed by atoms with Crippen molar-refractivity contribution in [3.8, 4) is 5.75 Å². The molecule has 0 aliphatic carbocycles. The van der Waals surface area contributed by atoms with Gasteiger partial charge in [-0.05, 0) is 37.1 Å². The van der Waals surface area contributed by atoms with Crippen molar-refractivity contribution >= 4 is 11.8 Å². The summed E-state index contributed by atoms with van der Waals surface area (Å²) < 4.78 is 10.0. The Kier molecular flexibility index (Phi) is 6.60. The van der Waals surface area contributed by atoms with E-state index in [-0.39, 0.29) is 18.3 Å². The van der Waals surface area contributed by atoms with Gasteiger partial charge in [0.2, 0.25) is 0 Å². The molecular weight excluding hydrogens is 246 g/mol. The smallest absolute Gasteiger partial charge is 0.305 e. The number of rotatable bonds is 8. The highest BCUT2D eigenvalue weighted by Crippen LogP contribution is 2.13. The van der Waals surface area contributed by atoms with Gasteiger partial charge in [-0.2, -0.15) is 0 Å². The predicted molar refractivity (Wildman–Crippen MR) is 71.2 cm³/mol. The summed E-state index contributed by atoms with van der Waals surface area (Å²) in [6, 6.07) is 6.87. The summed E-state index contributed by atoms with van der Waals surface area (Å²) in [5.74, 6) is 0.404. The lowest BCUT2D eigenvalue weighted by atomic mass is 10.1. The highest BCUT2D eigenvalue weighted by molar-refractivity contribution is 5.97. The van der Waals surface area contributed by atoms with Crippen LogP contribution in [0.1, 0.15) is 29.6 Å². The number of methoxy groups -OCH3 is 1. The van der Waals surface area contributed by atoms with Gasteiger partial charge in [-0.15, -0.1) is 0 Å². The molecule has 19 heavy (non-hydrogen) atoms. The molecule has 0 saturated carbocycles. The fraction of sp³-hybridized carbons (Fsp3) is 0.429. The van der Waals surface area contributed by atoms with Gasteiger partial charge in [0.15, 0.2) is 5.78 Å². The van der Waals surface area contributed by atoms with Gasteiger partial charge in [0.1, 0.15) is 5.75 Å². The lowest BCUT2D eigenvalue weighted by Gasteiger charge is -2.06. The maximum absolute atomic E-state index is 11.3. The van der Waals surface area contributed by atoms with Crippen LogP contribution in [0.25, 0.3) is 0 Å². The average molecular weight is 265 g/mol. The Hall–Kier alpha value is -1.88. The molecule has 0 fully saturated rings. The highest BCUT2D eigenvalue weighted by atomic mass is 16.5. The Bertz CT molecular complexity index is 414. The van der Waals surface area contributed by atoms with Crippen molar-refractivity contribution in [1.82, 2.24) is 0 Å². The van der Waals surface area contributed by atoms with Crippen LogP contribution in [0.4, 0.5) is 0 Å². The summed E-state index contributed by atoms with van der Waals surface area (Å²) >= 11 is 0. The number of ether oxygens (including phenoxy) is 2. The van der Waals surface area contributed by atoms with Crippen LogP contribution in [-0.4, -0.2) is 32.0 Å². The summed E-state index contributed by atoms with van der Waals surface area (Å²) in [7, 11) is 1.38. The number of unbranched alkanes of at least 4 members (excludes halogenated alkanes) is 1. The normalized spacial score (nSPS) is 10.0. The summed E-state index contributed by atoms with van der Waals surface area (Å²) in [4.78, 5) is 22.2. The quantitative estimate of drug-likeness (QED) is 0.438. The fourth-order valence-electron chi connectivity index (χ4n) is 1.52. The van der Waals surface area contributed by atoms with Gasteiger partial charge < -0.3 is 15.2 Å². The van der Waals surface area contributed by atoms with Crippen LogP contribution in [-0.2, 0) is 9.53 Å². The number of esters is 1. The lowest BCUT2D eigenvalue weighted by molar-refractivity contribution is -0.140. The first-order valence-electron chi connectivity index (χ1n) is 6.20. The Morgan fingerprint density at radius 2 is 1.84 bits per heavy atom. The first-order chi connectivity index (χ1) is 9.17. The molecule has 5 nitrogen and oxygen atoms in total. The minimum atomic E-state index is -0.204. The van der Waals surface area contributed by atoms with Gasteiger partial charge in [-0.25, -0.2) is 0 Å². The number of hydrogen-bond donors (Lipinski definition) is 1. The summed E-state index contributed by atoms with van der Waals surface area (Å²) in [5.41, 5.74) is 5.86. The molecule has 1 rings (SSSR count). The molecule has 0 bridgehead atoms. The highest BCUT2D eigenvalue weighted by Gasteiger charge is 2.03. The number of ketones is 1. The van der Waals surface area contributed by atoms with E-state index in [1.54, 1.807) is 24.3 Å². The van der Waals surface area contributed by atoms with Crippen LogP contribution in [0.15, 0.2) is 24.3 Å². The van der Waals surface area contributed by atoms with Crippen LogP contribution < -0.4 is 10.5 Å². The zero-order chi connectivity index (χ0) is 14.1. The number of carbonyl (C=O) groups is 2. The van der Waals surface area contributed by atoms with E-state index in [9.17, 15) is 9.59 Å². The molecule has 0 aromatic heterocycles. The second-order valence-corrected chi connectivity index (χ2v) is 4.03. The first-order valence-corrected chi connectivity index (χ1v) is 6.20. The van der Waals surface area contributed by atoms with E-state index in [0.29, 0.717) is 24.3 Å². The number of nitrogens with two attached hydrogens (primary N) is 1. The molecule has 0 saturated heterocycles. The van der Waals surface area contributed by atoms with Gasteiger partial charge in [-0.1, -0.05) is 0 Å². The van der Waals surface area contributed by atoms with E-state index in [4.69, 9.17) is 10.5 Å². The minimum Gasteiger partial charge on any atom is -0.494 e. The Balaban J connectivity index is 2.26. The summed E-state index contributed by atoms with van der Waals surface area (Å²) in [6.07, 6.45) is 1.92. The van der Waals surface area contributed by atoms with Crippen LogP contribution in [0, 0.1) is 0 Å². The Morgan fingerprint density at radius 3 is 2.42 bits per heavy atom. The zero-order valence-electron chi connectivity index (χ0n) is 11.1. The Morgan fingerprint density at radius 1 is 1.16 bits per heavy atom. The standard InChI is InChI=1S/C14H19NO4/c1-18-14(17)4-2-3-9-19-12-7-5-11(6-8-12)13(16)10-15/h5-8H,2-4,9-10,15H2,1H3. The van der Waals surface area contributed by atoms with Gasteiger partial charge in [0.05, 0.1) is 20.3 Å². The third kappa shape index (κ3) is 5.52. The van der Waals surface area contributed by atoms with Gasteiger partial charge in [0.25, 0.3) is 0 Å². The third-order valence-electron chi connectivity index (χ3n) is 2.63. The molecule has 1 aromatic carbocycles. The van der Waals surface area contributed by atoms with Crippen molar-refractivity contribution < 1.29 is 19.1 Å². The molecule has 1 aromatic rings. The largest absolute Gasteiger partial charge is 0.494 e. The van der Waals surface area contributed by atoms with E-state index in [0.717, 1.165) is 12.8 Å². The topological polar surface area (TPSA) is 78.6 Å². The monoisotopic (exact) mass is 265 g/mol. The average Bonchev–Trinajstić information content (AvgIpc) is 2.46. The molecule has 5 heteroatoms. The SMILES string of the molecule is COC(=O)CCCCOc1ccc(C(=O)CN)cc1. The van der Waals surface area contributed by atoms with E-state index in [1.807, 2.05) is 0 Å². The van der Waals surface area contributed by atoms with E-state index in [2.05, 4.69) is 4.74 Å². The number of benzene rings is 1. The molecule has 0 unspecified atom stereocenters. The van der Waals surface area contributed by atoms with Crippen molar-refractivity contribution in [3.63, 3.8) is 0 Å². The second kappa shape index (κ2) is 8.26. The lowest BCUT2D eigenvalue weighted by Crippen LogP contribution is -2.13. The second-order valence-electron chi connectivity index (χ2n) is 4.03. The van der Waals surface area contributed by atoms with Crippen LogP contribution in [0.3, 0.4) is 0 Å². The molecule has 0 atom stereocenters. The van der Waals surface area contributed by atoms with Crippen molar-refractivity contribution in [2.24, 2.45) is 5.73 Å². The molecule has 0 amide bonds. The molecule has 0 heterocycles. The van der Waals surface area contributed by atoms with Gasteiger partial charge >= 0.3 is 5.97 Å². The van der Waals surface area contributed by atoms with Gasteiger partial charge in [-0.3, -0.25) is 9.59 Å². The van der Waals surface area contributed by atoms with E-state index >= 15 is 0 Å². The summed E-state index contributed by atoms with van der Waals surface area (Å²) in [6.45, 7) is 0.537. The summed E-state index contributed by atoms with van der Waals surface area (Å²) in [5, 5.41) is 0. The number of Topliss-reactive ketones (excluding diaryl/α,β-unsaturated/α-hetero) is 1. The zero-order valence-corrected chi connectivity index (χ0v) is 11.1. The van der Waals surface area contributed by atoms with Crippen LogP contribution >= 0.6 is 0 Å². The molecule has 104 valence electrons. The van der Waals surface area contributed by atoms with E-state index < -0.39 is 0 Å². The van der Waals surface area contributed by atoms with E-state index in [1.165, 1.54) is 7.11 Å². The number of carbonyl (C=O) groups excluding carboxylic acids is 2. The Labute approximate surface area is 112 Å². The molecule has 0 radical (unpaired) electrons. The molecule has 0 spiro atoms. The predicted octanol–water partition coefficient (Wildman–Crippen LogP) is 1.55. The van der Waals surface area contributed by atoms with Crippen molar-refractivity contribution in [2.45, 2.75) is 19.3 Å². The van der Waals surface area contributed by atoms with Crippen LogP contribution in [0.2, 0.25) is 0 Å². The van der Waals surface area contributed by atoms with Crippen molar-refractivity contribution in [2.75, 3.05) is 20.3 Å². The molecular formula is C14H19NO4. The maximum atomic E-state index is 11.3. The van der Waals surface area contributed by atoms with Crippen LogP contribution in [0.5, 0.6) is 5.75 Å². The molecule has 0 aliphatic rings. The third-order valence-corrected chi connectivity index (χ3v) is 2.63. The molecule has 2 N–H and O–H groups in total. The molecule has 0 aliphatic heterocycles. The maximum Gasteiger partial charge on any atom is 0.305 e. The number of hydrogen-bond acceptors (Lipinski definition) is 5. The van der Waals surface area contributed by atoms with Crippen molar-refractivity contribution in [1.29, 1.82) is 0 Å². The fourth-order valence-corrected chi connectivity index (χ4v) is 1.52. The van der Waals surface area contributed by atoms with Gasteiger partial charge in [0, 0.05) is 12.0 Å². The minimum absolute atomic E-state index is 0.00767. The van der Waals surface area contributed by atoms with Crippen molar-refractivity contribution in [3.05, 3.63) is 29.8 Å². The first kappa shape index (κ1) is 15.2.